The van der Waals surface area contributed by atoms with Crippen LogP contribution in [0.4, 0.5) is 17.5 Å². The fourth-order valence-electron chi connectivity index (χ4n) is 3.84. The molecule has 28 heavy (non-hydrogen) atoms. The topological polar surface area (TPSA) is 85.9 Å². The van der Waals surface area contributed by atoms with Gasteiger partial charge in [-0.3, -0.25) is 4.79 Å². The van der Waals surface area contributed by atoms with Crippen LogP contribution in [0.5, 0.6) is 0 Å². The van der Waals surface area contributed by atoms with E-state index >= 15 is 0 Å². The Morgan fingerprint density at radius 2 is 2.18 bits per heavy atom. The second kappa shape index (κ2) is 7.98. The highest BCUT2D eigenvalue weighted by Crippen LogP contribution is 2.24. The van der Waals surface area contributed by atoms with Crippen molar-refractivity contribution in [1.29, 1.82) is 0 Å². The van der Waals surface area contributed by atoms with Crippen molar-refractivity contribution in [2.45, 2.75) is 32.2 Å². The SMILES string of the molecule is Cc1ccnc(Nc2cc3cc[nH]c(=O)c3c(NCCC3CCCN3C)n2)c1. The van der Waals surface area contributed by atoms with E-state index in [9.17, 15) is 4.79 Å². The van der Waals surface area contributed by atoms with Gasteiger partial charge >= 0.3 is 0 Å². The molecule has 0 aliphatic carbocycles. The molecule has 4 rings (SSSR count). The summed E-state index contributed by atoms with van der Waals surface area (Å²) < 4.78 is 0. The number of fused-ring (bicyclic) bond motifs is 1. The highest BCUT2D eigenvalue weighted by atomic mass is 16.1. The normalized spacial score (nSPS) is 17.1. The van der Waals surface area contributed by atoms with Gasteiger partial charge in [0, 0.05) is 25.0 Å². The van der Waals surface area contributed by atoms with E-state index in [1.54, 1.807) is 12.4 Å². The van der Waals surface area contributed by atoms with Crippen molar-refractivity contribution in [2.24, 2.45) is 0 Å². The van der Waals surface area contributed by atoms with Crippen LogP contribution in [0.2, 0.25) is 0 Å². The number of aromatic nitrogens is 3. The summed E-state index contributed by atoms with van der Waals surface area (Å²) in [7, 11) is 2.18. The largest absolute Gasteiger partial charge is 0.369 e. The third-order valence-electron chi connectivity index (χ3n) is 5.37. The number of rotatable bonds is 6. The van der Waals surface area contributed by atoms with Gasteiger partial charge in [-0.1, -0.05) is 0 Å². The van der Waals surface area contributed by atoms with Gasteiger partial charge in [-0.05, 0) is 75.0 Å². The Morgan fingerprint density at radius 3 is 2.96 bits per heavy atom. The van der Waals surface area contributed by atoms with E-state index in [0.29, 0.717) is 23.1 Å². The van der Waals surface area contributed by atoms with Crippen LogP contribution < -0.4 is 16.2 Å². The Bertz CT molecular complexity index is 1030. The minimum atomic E-state index is -0.134. The third kappa shape index (κ3) is 3.99. The van der Waals surface area contributed by atoms with E-state index in [2.05, 4.69) is 37.5 Å². The lowest BCUT2D eigenvalue weighted by Crippen LogP contribution is -2.27. The van der Waals surface area contributed by atoms with E-state index in [4.69, 9.17) is 0 Å². The van der Waals surface area contributed by atoms with Gasteiger partial charge in [0.15, 0.2) is 0 Å². The zero-order chi connectivity index (χ0) is 19.5. The summed E-state index contributed by atoms with van der Waals surface area (Å²) in [5, 5.41) is 8.08. The van der Waals surface area contributed by atoms with Crippen molar-refractivity contribution in [3.8, 4) is 0 Å². The van der Waals surface area contributed by atoms with Crippen LogP contribution in [0.15, 0.2) is 41.5 Å². The molecule has 1 unspecified atom stereocenters. The average molecular weight is 378 g/mol. The molecule has 7 heteroatoms. The first-order valence-electron chi connectivity index (χ1n) is 9.76. The van der Waals surface area contributed by atoms with E-state index in [1.165, 1.54) is 12.8 Å². The van der Waals surface area contributed by atoms with Crippen molar-refractivity contribution in [3.63, 3.8) is 0 Å². The van der Waals surface area contributed by atoms with Crippen molar-refractivity contribution >= 4 is 28.2 Å². The lowest BCUT2D eigenvalue weighted by atomic mass is 10.1. The lowest BCUT2D eigenvalue weighted by molar-refractivity contribution is 0.301. The predicted octanol–water partition coefficient (Wildman–Crippen LogP) is 3.27. The molecule has 3 aromatic heterocycles. The molecule has 4 heterocycles. The summed E-state index contributed by atoms with van der Waals surface area (Å²) in [6.45, 7) is 3.96. The van der Waals surface area contributed by atoms with Crippen LogP contribution in [0.3, 0.4) is 0 Å². The number of nitrogens with one attached hydrogen (secondary N) is 3. The molecule has 0 radical (unpaired) electrons. The number of pyridine rings is 3. The Morgan fingerprint density at radius 1 is 1.29 bits per heavy atom. The van der Waals surface area contributed by atoms with Crippen molar-refractivity contribution in [3.05, 3.63) is 52.6 Å². The molecule has 1 aliphatic heterocycles. The minimum absolute atomic E-state index is 0.134. The Hall–Kier alpha value is -2.93. The number of hydrogen-bond acceptors (Lipinski definition) is 6. The van der Waals surface area contributed by atoms with Gasteiger partial charge in [0.25, 0.3) is 5.56 Å². The van der Waals surface area contributed by atoms with Gasteiger partial charge in [0.2, 0.25) is 0 Å². The van der Waals surface area contributed by atoms with Crippen LogP contribution in [-0.4, -0.2) is 46.0 Å². The molecule has 3 N–H and O–H groups in total. The van der Waals surface area contributed by atoms with Gasteiger partial charge < -0.3 is 20.5 Å². The number of anilines is 3. The van der Waals surface area contributed by atoms with Crippen LogP contribution in [0.25, 0.3) is 10.8 Å². The number of aryl methyl sites for hydroxylation is 1. The first kappa shape index (κ1) is 18.4. The smallest absolute Gasteiger partial charge is 0.259 e. The number of hydrogen-bond donors (Lipinski definition) is 3. The maximum Gasteiger partial charge on any atom is 0.259 e. The Balaban J connectivity index is 1.60. The molecule has 1 saturated heterocycles. The van der Waals surface area contributed by atoms with E-state index in [1.807, 2.05) is 31.2 Å². The fraction of sp³-hybridized carbons (Fsp3) is 0.381. The van der Waals surface area contributed by atoms with Crippen molar-refractivity contribution < 1.29 is 0 Å². The van der Waals surface area contributed by atoms with E-state index in [-0.39, 0.29) is 5.56 Å². The monoisotopic (exact) mass is 378 g/mol. The second-order valence-electron chi connectivity index (χ2n) is 7.46. The highest BCUT2D eigenvalue weighted by molar-refractivity contribution is 5.93. The summed E-state index contributed by atoms with van der Waals surface area (Å²) in [6, 6.07) is 8.28. The summed E-state index contributed by atoms with van der Waals surface area (Å²) in [5.41, 5.74) is 0.986. The molecule has 1 fully saturated rings. The predicted molar refractivity (Wildman–Crippen MR) is 113 cm³/mol. The molecule has 0 spiro atoms. The van der Waals surface area contributed by atoms with Crippen LogP contribution in [-0.2, 0) is 0 Å². The number of likely N-dealkylation sites (tertiary alicyclic amines) is 1. The number of nitrogens with zero attached hydrogens (tertiary/aromatic N) is 3. The molecule has 146 valence electrons. The Kier molecular flexibility index (Phi) is 5.25. The second-order valence-corrected chi connectivity index (χ2v) is 7.46. The van der Waals surface area contributed by atoms with E-state index < -0.39 is 0 Å². The van der Waals surface area contributed by atoms with Gasteiger partial charge in [-0.2, -0.15) is 0 Å². The lowest BCUT2D eigenvalue weighted by Gasteiger charge is -2.19. The molecule has 3 aromatic rings. The molecule has 1 aliphatic rings. The molecular weight excluding hydrogens is 352 g/mol. The molecule has 0 aromatic carbocycles. The first-order chi connectivity index (χ1) is 13.6. The number of H-pyrrole nitrogens is 1. The quantitative estimate of drug-likeness (QED) is 0.610. The summed E-state index contributed by atoms with van der Waals surface area (Å²) >= 11 is 0. The zero-order valence-electron chi connectivity index (χ0n) is 16.3. The molecule has 1 atom stereocenters. The highest BCUT2D eigenvalue weighted by Gasteiger charge is 2.20. The minimum Gasteiger partial charge on any atom is -0.369 e. The van der Waals surface area contributed by atoms with Crippen LogP contribution in [0, 0.1) is 6.92 Å². The third-order valence-corrected chi connectivity index (χ3v) is 5.37. The maximum absolute atomic E-state index is 12.4. The maximum atomic E-state index is 12.4. The molecule has 0 saturated carbocycles. The average Bonchev–Trinajstić information content (AvgIpc) is 3.06. The van der Waals surface area contributed by atoms with Crippen LogP contribution >= 0.6 is 0 Å². The van der Waals surface area contributed by atoms with Crippen molar-refractivity contribution in [1.82, 2.24) is 19.9 Å². The van der Waals surface area contributed by atoms with Gasteiger partial charge in [-0.15, -0.1) is 0 Å². The Labute approximate surface area is 164 Å². The number of aromatic amines is 1. The summed E-state index contributed by atoms with van der Waals surface area (Å²) in [4.78, 5) is 26.6. The van der Waals surface area contributed by atoms with Gasteiger partial charge in [0.1, 0.15) is 17.5 Å². The fourth-order valence-corrected chi connectivity index (χ4v) is 3.84. The molecule has 0 amide bonds. The summed E-state index contributed by atoms with van der Waals surface area (Å²) in [5.74, 6) is 2.00. The molecule has 0 bridgehead atoms. The van der Waals surface area contributed by atoms with Crippen molar-refractivity contribution in [2.75, 3.05) is 30.8 Å². The van der Waals surface area contributed by atoms with E-state index in [0.717, 1.165) is 36.3 Å². The zero-order valence-corrected chi connectivity index (χ0v) is 16.3. The molecular formula is C21H26N6O. The first-order valence-corrected chi connectivity index (χ1v) is 9.76. The summed E-state index contributed by atoms with van der Waals surface area (Å²) in [6.07, 6.45) is 6.94. The van der Waals surface area contributed by atoms with Gasteiger partial charge in [0.05, 0.1) is 5.39 Å². The molecule has 7 nitrogen and oxygen atoms in total. The van der Waals surface area contributed by atoms with Crippen LogP contribution in [0.1, 0.15) is 24.8 Å². The standard InChI is InChI=1S/C21H26N6O/c1-14-5-8-22-17(12-14)25-18-13-15-6-9-24-21(28)19(15)20(26-18)23-10-7-16-4-3-11-27(16)2/h5-6,8-9,12-13,16H,3-4,7,10-11H2,1-2H3,(H,24,28)(H2,22,23,25,26). The van der Waals surface area contributed by atoms with Gasteiger partial charge in [-0.25, -0.2) is 9.97 Å².